The molecular weight excluding hydrogens is 354 g/mol. The van der Waals surface area contributed by atoms with Gasteiger partial charge in [-0.05, 0) is 49.2 Å². The lowest BCUT2D eigenvalue weighted by Crippen LogP contribution is -2.23. The number of amides is 2. The maximum atomic E-state index is 12.4. The van der Waals surface area contributed by atoms with E-state index in [0.29, 0.717) is 30.6 Å². The van der Waals surface area contributed by atoms with Crippen LogP contribution in [0.3, 0.4) is 0 Å². The molecule has 3 aromatic rings. The van der Waals surface area contributed by atoms with Crippen molar-refractivity contribution in [2.24, 2.45) is 7.05 Å². The Balaban J connectivity index is 1.59. The van der Waals surface area contributed by atoms with Gasteiger partial charge in [0.05, 0.1) is 12.2 Å². The zero-order valence-corrected chi connectivity index (χ0v) is 16.0. The molecule has 7 heteroatoms. The topological polar surface area (TPSA) is 88.9 Å². The first-order valence-corrected chi connectivity index (χ1v) is 9.08. The number of hydrogen-bond acceptors (Lipinski definition) is 4. The highest BCUT2D eigenvalue weighted by molar-refractivity contribution is 5.97. The molecule has 2 N–H and O–H groups in total. The fourth-order valence-corrected chi connectivity index (χ4v) is 2.77. The molecule has 0 aliphatic rings. The number of hydrogen-bond donors (Lipinski definition) is 2. The van der Waals surface area contributed by atoms with Crippen LogP contribution in [0.4, 0.5) is 5.69 Å². The summed E-state index contributed by atoms with van der Waals surface area (Å²) in [6, 6.07) is 12.7. The molecule has 0 saturated heterocycles. The van der Waals surface area contributed by atoms with Gasteiger partial charge in [0.1, 0.15) is 0 Å². The summed E-state index contributed by atoms with van der Waals surface area (Å²) in [5.41, 5.74) is 3.81. The predicted molar refractivity (Wildman–Crippen MR) is 107 cm³/mol. The fourth-order valence-electron chi connectivity index (χ4n) is 2.77. The van der Waals surface area contributed by atoms with Gasteiger partial charge < -0.3 is 10.6 Å². The molecule has 28 heavy (non-hydrogen) atoms. The molecule has 2 amide bonds. The molecule has 0 aliphatic heterocycles. The van der Waals surface area contributed by atoms with Gasteiger partial charge in [-0.3, -0.25) is 19.3 Å². The molecule has 7 nitrogen and oxygen atoms in total. The van der Waals surface area contributed by atoms with Crippen LogP contribution in [0.15, 0.2) is 54.9 Å². The summed E-state index contributed by atoms with van der Waals surface area (Å²) in [6.07, 6.45) is 4.34. The molecule has 0 spiro atoms. The molecule has 0 saturated carbocycles. The van der Waals surface area contributed by atoms with Crippen LogP contribution < -0.4 is 10.6 Å². The van der Waals surface area contributed by atoms with Crippen molar-refractivity contribution in [1.29, 1.82) is 0 Å². The van der Waals surface area contributed by atoms with Gasteiger partial charge in [-0.15, -0.1) is 0 Å². The van der Waals surface area contributed by atoms with E-state index < -0.39 is 0 Å². The molecule has 1 aromatic carbocycles. The number of nitrogens with one attached hydrogen (secondary N) is 2. The van der Waals surface area contributed by atoms with Crippen molar-refractivity contribution in [1.82, 2.24) is 20.1 Å². The molecule has 2 aromatic heterocycles. The van der Waals surface area contributed by atoms with Crippen LogP contribution >= 0.6 is 0 Å². The Morgan fingerprint density at radius 2 is 1.96 bits per heavy atom. The van der Waals surface area contributed by atoms with Gasteiger partial charge in [0, 0.05) is 42.8 Å². The summed E-state index contributed by atoms with van der Waals surface area (Å²) in [6.45, 7) is 2.24. The maximum absolute atomic E-state index is 12.4. The van der Waals surface area contributed by atoms with Crippen molar-refractivity contribution in [3.05, 3.63) is 77.4 Å². The highest BCUT2D eigenvalue weighted by atomic mass is 16.2. The molecule has 0 unspecified atom stereocenters. The third-order valence-corrected chi connectivity index (χ3v) is 4.46. The van der Waals surface area contributed by atoms with E-state index in [4.69, 9.17) is 0 Å². The molecule has 144 valence electrons. The number of aromatic nitrogens is 3. The van der Waals surface area contributed by atoms with Crippen LogP contribution in [-0.4, -0.2) is 26.6 Å². The monoisotopic (exact) mass is 377 g/mol. The third-order valence-electron chi connectivity index (χ3n) is 4.46. The molecule has 0 radical (unpaired) electrons. The number of benzene rings is 1. The number of pyridine rings is 1. The van der Waals surface area contributed by atoms with Crippen LogP contribution in [0.2, 0.25) is 0 Å². The number of anilines is 1. The quantitative estimate of drug-likeness (QED) is 0.662. The highest BCUT2D eigenvalue weighted by Gasteiger charge is 2.11. The Morgan fingerprint density at radius 3 is 2.68 bits per heavy atom. The second kappa shape index (κ2) is 8.94. The Kier molecular flexibility index (Phi) is 6.16. The first-order chi connectivity index (χ1) is 13.5. The predicted octanol–water partition coefficient (Wildman–Crippen LogP) is 2.62. The minimum absolute atomic E-state index is 0.102. The van der Waals surface area contributed by atoms with Gasteiger partial charge >= 0.3 is 0 Å². The van der Waals surface area contributed by atoms with E-state index in [2.05, 4.69) is 20.7 Å². The number of aryl methyl sites for hydroxylation is 3. The van der Waals surface area contributed by atoms with Crippen molar-refractivity contribution < 1.29 is 9.59 Å². The van der Waals surface area contributed by atoms with E-state index in [1.807, 2.05) is 44.3 Å². The van der Waals surface area contributed by atoms with Gasteiger partial charge in [0.15, 0.2) is 0 Å². The first kappa shape index (κ1) is 19.3. The normalized spacial score (nSPS) is 10.5. The van der Waals surface area contributed by atoms with Crippen molar-refractivity contribution in [3.63, 3.8) is 0 Å². The van der Waals surface area contributed by atoms with E-state index in [-0.39, 0.29) is 11.8 Å². The molecule has 2 heterocycles. The van der Waals surface area contributed by atoms with Gasteiger partial charge in [0.2, 0.25) is 5.91 Å². The second-order valence-electron chi connectivity index (χ2n) is 6.53. The summed E-state index contributed by atoms with van der Waals surface area (Å²) in [4.78, 5) is 28.9. The average Bonchev–Trinajstić information content (AvgIpc) is 3.12. The lowest BCUT2D eigenvalue weighted by molar-refractivity contribution is -0.116. The van der Waals surface area contributed by atoms with Crippen LogP contribution in [-0.2, 0) is 24.8 Å². The maximum Gasteiger partial charge on any atom is 0.251 e. The zero-order chi connectivity index (χ0) is 19.9. The standard InChI is InChI=1S/C21H23N5O2/c1-15-6-7-16(21(28)23-14-17-5-3-4-11-22-17)13-19(15)25-20(27)9-8-18-10-12-24-26(18)2/h3-7,10-13H,8-9,14H2,1-2H3,(H,23,28)(H,25,27). The summed E-state index contributed by atoms with van der Waals surface area (Å²) < 4.78 is 1.76. The third kappa shape index (κ3) is 5.03. The molecule has 0 atom stereocenters. The summed E-state index contributed by atoms with van der Waals surface area (Å²) in [5, 5.41) is 9.84. The van der Waals surface area contributed by atoms with Crippen molar-refractivity contribution in [2.75, 3.05) is 5.32 Å². The lowest BCUT2D eigenvalue weighted by Gasteiger charge is -2.11. The Labute approximate surface area is 163 Å². The van der Waals surface area contributed by atoms with E-state index >= 15 is 0 Å². The van der Waals surface area contributed by atoms with E-state index in [1.165, 1.54) is 0 Å². The van der Waals surface area contributed by atoms with Crippen LogP contribution in [0.1, 0.15) is 33.7 Å². The molecular formula is C21H23N5O2. The first-order valence-electron chi connectivity index (χ1n) is 9.08. The minimum atomic E-state index is -0.212. The minimum Gasteiger partial charge on any atom is -0.346 e. The number of nitrogens with zero attached hydrogens (tertiary/aromatic N) is 3. The van der Waals surface area contributed by atoms with E-state index in [1.54, 1.807) is 29.2 Å². The van der Waals surface area contributed by atoms with Gasteiger partial charge in [-0.1, -0.05) is 12.1 Å². The Bertz CT molecular complexity index is 966. The van der Waals surface area contributed by atoms with Crippen LogP contribution in [0, 0.1) is 6.92 Å². The fraction of sp³-hybridized carbons (Fsp3) is 0.238. The zero-order valence-electron chi connectivity index (χ0n) is 16.0. The number of carbonyl (C=O) groups excluding carboxylic acids is 2. The molecule has 0 fully saturated rings. The van der Waals surface area contributed by atoms with Gasteiger partial charge in [-0.25, -0.2) is 0 Å². The Hall–Kier alpha value is -3.48. The van der Waals surface area contributed by atoms with Crippen molar-refractivity contribution in [3.8, 4) is 0 Å². The molecule has 3 rings (SSSR count). The smallest absolute Gasteiger partial charge is 0.251 e. The largest absolute Gasteiger partial charge is 0.346 e. The van der Waals surface area contributed by atoms with Gasteiger partial charge in [-0.2, -0.15) is 5.10 Å². The van der Waals surface area contributed by atoms with Crippen LogP contribution in [0.5, 0.6) is 0 Å². The number of carbonyl (C=O) groups is 2. The van der Waals surface area contributed by atoms with Crippen molar-refractivity contribution >= 4 is 17.5 Å². The summed E-state index contributed by atoms with van der Waals surface area (Å²) >= 11 is 0. The average molecular weight is 377 g/mol. The van der Waals surface area contributed by atoms with E-state index in [0.717, 1.165) is 17.0 Å². The van der Waals surface area contributed by atoms with Gasteiger partial charge in [0.25, 0.3) is 5.91 Å². The summed E-state index contributed by atoms with van der Waals surface area (Å²) in [7, 11) is 1.85. The lowest BCUT2D eigenvalue weighted by atomic mass is 10.1. The molecule has 0 bridgehead atoms. The second-order valence-corrected chi connectivity index (χ2v) is 6.53. The van der Waals surface area contributed by atoms with E-state index in [9.17, 15) is 9.59 Å². The number of rotatable bonds is 7. The van der Waals surface area contributed by atoms with Crippen LogP contribution in [0.25, 0.3) is 0 Å². The van der Waals surface area contributed by atoms with Crippen molar-refractivity contribution in [2.45, 2.75) is 26.3 Å². The molecule has 0 aliphatic carbocycles. The highest BCUT2D eigenvalue weighted by Crippen LogP contribution is 2.18. The Morgan fingerprint density at radius 1 is 1.11 bits per heavy atom. The summed E-state index contributed by atoms with van der Waals surface area (Å²) in [5.74, 6) is -0.314. The SMILES string of the molecule is Cc1ccc(C(=O)NCc2ccccn2)cc1NC(=O)CCc1ccnn1C.